The summed E-state index contributed by atoms with van der Waals surface area (Å²) in [6, 6.07) is 11.7. The highest BCUT2D eigenvalue weighted by atomic mass is 35.5. The maximum absolute atomic E-state index is 13.1. The molecule has 0 aliphatic rings. The molecule has 2 rings (SSSR count). The van der Waals surface area contributed by atoms with Gasteiger partial charge in [0.1, 0.15) is 6.04 Å². The van der Waals surface area contributed by atoms with Crippen LogP contribution in [0.1, 0.15) is 38.3 Å². The van der Waals surface area contributed by atoms with Crippen molar-refractivity contribution >= 4 is 46.6 Å². The fourth-order valence-corrected chi connectivity index (χ4v) is 3.21. The number of benzene rings is 2. The fraction of sp³-hybridized carbons (Fsp3) is 0.364. The summed E-state index contributed by atoms with van der Waals surface area (Å²) in [4.78, 5) is 27.4. The van der Waals surface area contributed by atoms with Crippen LogP contribution in [0.5, 0.6) is 0 Å². The second-order valence-corrected chi connectivity index (χ2v) is 8.32. The maximum Gasteiger partial charge on any atom is 0.242 e. The van der Waals surface area contributed by atoms with Gasteiger partial charge in [-0.1, -0.05) is 59.9 Å². The van der Waals surface area contributed by atoms with Crippen molar-refractivity contribution in [3.05, 3.63) is 68.7 Å². The summed E-state index contributed by atoms with van der Waals surface area (Å²) < 4.78 is 0. The monoisotopic (exact) mass is 454 g/mol. The molecule has 0 radical (unpaired) electrons. The lowest BCUT2D eigenvalue weighted by atomic mass is 10.1. The molecule has 2 atom stereocenters. The number of hydrogen-bond donors (Lipinski definition) is 1. The van der Waals surface area contributed by atoms with E-state index < -0.39 is 6.04 Å². The molecule has 0 fully saturated rings. The van der Waals surface area contributed by atoms with Crippen molar-refractivity contribution in [1.29, 1.82) is 0 Å². The molecule has 0 aliphatic heterocycles. The Bertz CT molecular complexity index is 856. The van der Waals surface area contributed by atoms with Crippen LogP contribution in [0, 0.1) is 0 Å². The van der Waals surface area contributed by atoms with Crippen LogP contribution < -0.4 is 5.32 Å². The van der Waals surface area contributed by atoms with Crippen molar-refractivity contribution in [2.45, 2.75) is 52.2 Å². The number of nitrogens with zero attached hydrogens (tertiary/aromatic N) is 1. The van der Waals surface area contributed by atoms with E-state index in [9.17, 15) is 9.59 Å². The van der Waals surface area contributed by atoms with Crippen LogP contribution in [-0.4, -0.2) is 28.8 Å². The molecule has 0 aliphatic carbocycles. The summed E-state index contributed by atoms with van der Waals surface area (Å²) in [5, 5.41) is 4.39. The third kappa shape index (κ3) is 6.91. The van der Waals surface area contributed by atoms with E-state index in [0.29, 0.717) is 21.6 Å². The van der Waals surface area contributed by atoms with Gasteiger partial charge in [0.25, 0.3) is 0 Å². The van der Waals surface area contributed by atoms with E-state index in [1.165, 1.54) is 0 Å². The highest BCUT2D eigenvalue weighted by molar-refractivity contribution is 6.42. The first-order valence-corrected chi connectivity index (χ1v) is 10.6. The van der Waals surface area contributed by atoms with Gasteiger partial charge >= 0.3 is 0 Å². The standard InChI is InChI=1S/C22H25Cl3N2O2/c1-4-14(2)26-22(29)15(3)27(13-16-5-8-18(23)9-6-16)21(28)12-17-7-10-19(24)20(25)11-17/h5-11,14-15H,4,12-13H2,1-3H3,(H,26,29)/t14-,15+/m1/s1. The summed E-state index contributed by atoms with van der Waals surface area (Å²) >= 11 is 18.0. The minimum Gasteiger partial charge on any atom is -0.352 e. The number of amides is 2. The molecule has 0 bridgehead atoms. The number of nitrogens with one attached hydrogen (secondary N) is 1. The predicted octanol–water partition coefficient (Wildman–Crippen LogP) is 5.52. The molecule has 2 aromatic rings. The Morgan fingerprint density at radius 3 is 2.17 bits per heavy atom. The highest BCUT2D eigenvalue weighted by Gasteiger charge is 2.27. The molecule has 0 unspecified atom stereocenters. The SMILES string of the molecule is CC[C@@H](C)NC(=O)[C@H](C)N(Cc1ccc(Cl)cc1)C(=O)Cc1ccc(Cl)c(Cl)c1. The Labute approximate surface area is 187 Å². The molecule has 0 heterocycles. The van der Waals surface area contributed by atoms with E-state index in [2.05, 4.69) is 5.32 Å². The topological polar surface area (TPSA) is 49.4 Å². The van der Waals surface area contributed by atoms with Crippen LogP contribution in [-0.2, 0) is 22.6 Å². The van der Waals surface area contributed by atoms with Crippen LogP contribution in [0.25, 0.3) is 0 Å². The van der Waals surface area contributed by atoms with Gasteiger partial charge in [-0.05, 0) is 55.7 Å². The Morgan fingerprint density at radius 1 is 0.966 bits per heavy atom. The molecule has 156 valence electrons. The van der Waals surface area contributed by atoms with E-state index in [1.807, 2.05) is 26.0 Å². The Balaban J connectivity index is 2.23. The quantitative estimate of drug-likeness (QED) is 0.569. The van der Waals surface area contributed by atoms with E-state index in [-0.39, 0.29) is 24.3 Å². The van der Waals surface area contributed by atoms with Gasteiger partial charge in [-0.2, -0.15) is 0 Å². The minimum absolute atomic E-state index is 0.0347. The summed E-state index contributed by atoms with van der Waals surface area (Å²) in [7, 11) is 0. The van der Waals surface area contributed by atoms with Gasteiger partial charge in [0.15, 0.2) is 0 Å². The van der Waals surface area contributed by atoms with E-state index in [1.54, 1.807) is 42.2 Å². The van der Waals surface area contributed by atoms with Crippen LogP contribution in [0.3, 0.4) is 0 Å². The van der Waals surface area contributed by atoms with Gasteiger partial charge in [-0.25, -0.2) is 0 Å². The van der Waals surface area contributed by atoms with Crippen LogP contribution in [0.4, 0.5) is 0 Å². The van der Waals surface area contributed by atoms with Crippen molar-refractivity contribution in [2.75, 3.05) is 0 Å². The van der Waals surface area contributed by atoms with Crippen LogP contribution >= 0.6 is 34.8 Å². The zero-order valence-corrected chi connectivity index (χ0v) is 19.0. The second-order valence-electron chi connectivity index (χ2n) is 7.07. The second kappa shape index (κ2) is 10.9. The summed E-state index contributed by atoms with van der Waals surface area (Å²) in [6.07, 6.45) is 0.929. The molecule has 29 heavy (non-hydrogen) atoms. The first kappa shape index (κ1) is 23.5. The predicted molar refractivity (Wildman–Crippen MR) is 120 cm³/mol. The van der Waals surface area contributed by atoms with E-state index in [0.717, 1.165) is 17.5 Å². The number of halogens is 3. The van der Waals surface area contributed by atoms with Crippen LogP contribution in [0.15, 0.2) is 42.5 Å². The first-order chi connectivity index (χ1) is 13.7. The highest BCUT2D eigenvalue weighted by Crippen LogP contribution is 2.23. The lowest BCUT2D eigenvalue weighted by molar-refractivity contribution is -0.140. The molecule has 0 saturated carbocycles. The zero-order chi connectivity index (χ0) is 21.6. The van der Waals surface area contributed by atoms with Gasteiger partial charge in [0, 0.05) is 17.6 Å². The van der Waals surface area contributed by atoms with Crippen molar-refractivity contribution < 1.29 is 9.59 Å². The molecule has 1 N–H and O–H groups in total. The molecule has 2 amide bonds. The molecule has 2 aromatic carbocycles. The Kier molecular flexibility index (Phi) is 8.81. The lowest BCUT2D eigenvalue weighted by Gasteiger charge is -2.30. The van der Waals surface area contributed by atoms with Gasteiger partial charge in [0.2, 0.25) is 11.8 Å². The molecule has 0 aromatic heterocycles. The third-order valence-electron chi connectivity index (χ3n) is 4.77. The maximum atomic E-state index is 13.1. The lowest BCUT2D eigenvalue weighted by Crippen LogP contribution is -2.49. The van der Waals surface area contributed by atoms with Crippen molar-refractivity contribution in [3.63, 3.8) is 0 Å². The number of carbonyl (C=O) groups is 2. The zero-order valence-electron chi connectivity index (χ0n) is 16.7. The average molecular weight is 456 g/mol. The molecule has 0 saturated heterocycles. The van der Waals surface area contributed by atoms with Crippen molar-refractivity contribution in [3.8, 4) is 0 Å². The fourth-order valence-electron chi connectivity index (χ4n) is 2.76. The van der Waals surface area contributed by atoms with Crippen molar-refractivity contribution in [2.24, 2.45) is 0 Å². The molecule has 7 heteroatoms. The molecular formula is C22H25Cl3N2O2. The largest absolute Gasteiger partial charge is 0.352 e. The van der Waals surface area contributed by atoms with Crippen molar-refractivity contribution in [1.82, 2.24) is 10.2 Å². The number of hydrogen-bond acceptors (Lipinski definition) is 2. The summed E-state index contributed by atoms with van der Waals surface area (Å²) in [5.41, 5.74) is 1.63. The third-order valence-corrected chi connectivity index (χ3v) is 5.76. The number of rotatable bonds is 8. The summed E-state index contributed by atoms with van der Waals surface area (Å²) in [6.45, 7) is 5.97. The van der Waals surface area contributed by atoms with E-state index >= 15 is 0 Å². The van der Waals surface area contributed by atoms with Gasteiger partial charge in [-0.15, -0.1) is 0 Å². The Morgan fingerprint density at radius 2 is 1.59 bits per heavy atom. The summed E-state index contributed by atoms with van der Waals surface area (Å²) in [5.74, 6) is -0.360. The molecule has 0 spiro atoms. The number of carbonyl (C=O) groups excluding carboxylic acids is 2. The Hall–Kier alpha value is -1.75. The smallest absolute Gasteiger partial charge is 0.242 e. The molecular weight excluding hydrogens is 431 g/mol. The van der Waals surface area contributed by atoms with E-state index in [4.69, 9.17) is 34.8 Å². The van der Waals surface area contributed by atoms with Gasteiger partial charge in [0.05, 0.1) is 16.5 Å². The van der Waals surface area contributed by atoms with Gasteiger partial charge in [-0.3, -0.25) is 9.59 Å². The van der Waals surface area contributed by atoms with Gasteiger partial charge < -0.3 is 10.2 Å². The first-order valence-electron chi connectivity index (χ1n) is 9.49. The normalized spacial score (nSPS) is 12.9. The minimum atomic E-state index is -0.630. The average Bonchev–Trinajstić information content (AvgIpc) is 2.69. The van der Waals surface area contributed by atoms with Crippen LogP contribution in [0.2, 0.25) is 15.1 Å². The molecule has 4 nitrogen and oxygen atoms in total.